The fraction of sp³-hybridized carbons (Fsp3) is 0.286. The summed E-state index contributed by atoms with van der Waals surface area (Å²) >= 11 is 0. The smallest absolute Gasteiger partial charge is 0.255 e. The van der Waals surface area contributed by atoms with Crippen molar-refractivity contribution in [3.8, 4) is 11.5 Å². The number of carbonyl (C=O) groups excluding carboxylic acids is 1. The standard InChI is InChI=1S/C21H21N3O3/c1-26-17-6-3-7-18-15(17)10-12(11-27-18)20-23-21(25)14-5-2-4-13-16(22)8-9-24(20)19(13)14/h2-7,10,16,20H,8-9,11,22H2,1H3,(H,23,25)/t16-,20-/m0/s1. The third-order valence-electron chi connectivity index (χ3n) is 5.58. The van der Waals surface area contributed by atoms with Gasteiger partial charge in [-0.05, 0) is 36.3 Å². The Morgan fingerprint density at radius 1 is 1.26 bits per heavy atom. The van der Waals surface area contributed by atoms with Crippen molar-refractivity contribution in [3.05, 3.63) is 58.7 Å². The molecule has 5 rings (SSSR count). The number of rotatable bonds is 2. The summed E-state index contributed by atoms with van der Waals surface area (Å²) in [5.74, 6) is 1.48. The molecule has 1 amide bonds. The Bertz CT molecular complexity index is 969. The fourth-order valence-electron chi connectivity index (χ4n) is 4.26. The van der Waals surface area contributed by atoms with Crippen LogP contribution in [0.1, 0.15) is 33.9 Å². The van der Waals surface area contributed by atoms with E-state index in [1.165, 1.54) is 0 Å². The fourth-order valence-corrected chi connectivity index (χ4v) is 4.26. The van der Waals surface area contributed by atoms with Crippen molar-refractivity contribution in [1.82, 2.24) is 5.32 Å². The lowest BCUT2D eigenvalue weighted by molar-refractivity contribution is 0.0930. The topological polar surface area (TPSA) is 76.8 Å². The summed E-state index contributed by atoms with van der Waals surface area (Å²) in [4.78, 5) is 15.0. The van der Waals surface area contributed by atoms with E-state index >= 15 is 0 Å². The molecule has 2 aromatic rings. The molecule has 0 saturated heterocycles. The van der Waals surface area contributed by atoms with E-state index in [1.54, 1.807) is 7.11 Å². The maximum Gasteiger partial charge on any atom is 0.255 e. The van der Waals surface area contributed by atoms with Crippen LogP contribution in [-0.4, -0.2) is 32.3 Å². The van der Waals surface area contributed by atoms with Gasteiger partial charge in [-0.1, -0.05) is 18.2 Å². The molecule has 0 aromatic heterocycles. The summed E-state index contributed by atoms with van der Waals surface area (Å²) in [6.45, 7) is 1.21. The number of ether oxygens (including phenoxy) is 2. The molecule has 2 atom stereocenters. The van der Waals surface area contributed by atoms with Gasteiger partial charge in [0.25, 0.3) is 5.91 Å². The monoisotopic (exact) mass is 363 g/mol. The van der Waals surface area contributed by atoms with Gasteiger partial charge in [0, 0.05) is 18.2 Å². The predicted molar refractivity (Wildman–Crippen MR) is 103 cm³/mol. The minimum Gasteiger partial charge on any atom is -0.496 e. The number of fused-ring (bicyclic) bond motifs is 1. The molecule has 3 aliphatic rings. The zero-order valence-corrected chi connectivity index (χ0v) is 15.1. The van der Waals surface area contributed by atoms with E-state index in [9.17, 15) is 4.79 Å². The molecule has 27 heavy (non-hydrogen) atoms. The number of anilines is 1. The van der Waals surface area contributed by atoms with Gasteiger partial charge in [-0.3, -0.25) is 4.79 Å². The first-order valence-corrected chi connectivity index (χ1v) is 9.13. The highest BCUT2D eigenvalue weighted by Gasteiger charge is 2.38. The highest BCUT2D eigenvalue weighted by atomic mass is 16.5. The Labute approximate surface area is 157 Å². The number of methoxy groups -OCH3 is 1. The van der Waals surface area contributed by atoms with Crippen molar-refractivity contribution >= 4 is 17.7 Å². The van der Waals surface area contributed by atoms with E-state index in [0.29, 0.717) is 12.2 Å². The molecule has 3 aliphatic heterocycles. The highest BCUT2D eigenvalue weighted by Crippen LogP contribution is 2.41. The van der Waals surface area contributed by atoms with Gasteiger partial charge in [0.15, 0.2) is 0 Å². The van der Waals surface area contributed by atoms with Crippen LogP contribution in [0.25, 0.3) is 6.08 Å². The molecule has 0 bridgehead atoms. The van der Waals surface area contributed by atoms with E-state index in [4.69, 9.17) is 15.2 Å². The van der Waals surface area contributed by atoms with E-state index in [-0.39, 0.29) is 18.1 Å². The number of nitrogens with two attached hydrogens (primary N) is 1. The number of para-hydroxylation sites is 1. The first-order valence-electron chi connectivity index (χ1n) is 9.13. The van der Waals surface area contributed by atoms with Crippen molar-refractivity contribution in [2.45, 2.75) is 18.6 Å². The minimum absolute atomic E-state index is 0.0415. The highest BCUT2D eigenvalue weighted by molar-refractivity contribution is 6.03. The van der Waals surface area contributed by atoms with Crippen LogP contribution in [0.5, 0.6) is 11.5 Å². The van der Waals surface area contributed by atoms with Crippen LogP contribution in [0.15, 0.2) is 42.0 Å². The second-order valence-electron chi connectivity index (χ2n) is 7.09. The second kappa shape index (κ2) is 6.03. The molecule has 0 unspecified atom stereocenters. The number of hydrogen-bond donors (Lipinski definition) is 2. The molecule has 6 nitrogen and oxygen atoms in total. The van der Waals surface area contributed by atoms with Gasteiger partial charge in [-0.2, -0.15) is 0 Å². The molecular weight excluding hydrogens is 342 g/mol. The van der Waals surface area contributed by atoms with Crippen LogP contribution in [0, 0.1) is 0 Å². The first-order chi connectivity index (χ1) is 13.2. The number of nitrogens with zero attached hydrogens (tertiary/aromatic N) is 1. The molecule has 0 spiro atoms. The number of benzene rings is 2. The number of carbonyl (C=O) groups is 1. The lowest BCUT2D eigenvalue weighted by Gasteiger charge is -2.45. The van der Waals surface area contributed by atoms with Crippen molar-refractivity contribution in [1.29, 1.82) is 0 Å². The third-order valence-corrected chi connectivity index (χ3v) is 5.58. The average molecular weight is 363 g/mol. The summed E-state index contributed by atoms with van der Waals surface area (Å²) in [5, 5.41) is 3.14. The molecule has 0 fully saturated rings. The van der Waals surface area contributed by atoms with Crippen LogP contribution in [0.4, 0.5) is 5.69 Å². The Kier molecular flexibility index (Phi) is 3.62. The zero-order valence-electron chi connectivity index (χ0n) is 15.1. The SMILES string of the molecule is COc1cccc2c1C=C([C@H]1NC(=O)c3cccc4c3N1CC[C@@H]4N)CO2. The average Bonchev–Trinajstić information content (AvgIpc) is 2.71. The predicted octanol–water partition coefficient (Wildman–Crippen LogP) is 2.45. The van der Waals surface area contributed by atoms with Gasteiger partial charge in [0.2, 0.25) is 0 Å². The minimum atomic E-state index is -0.253. The molecule has 3 heterocycles. The Hall–Kier alpha value is -2.99. The maximum absolute atomic E-state index is 12.8. The zero-order chi connectivity index (χ0) is 18.5. The largest absolute Gasteiger partial charge is 0.496 e. The second-order valence-corrected chi connectivity index (χ2v) is 7.09. The van der Waals surface area contributed by atoms with Crippen LogP contribution in [0.3, 0.4) is 0 Å². The van der Waals surface area contributed by atoms with E-state index in [0.717, 1.165) is 46.9 Å². The lowest BCUT2D eigenvalue weighted by atomic mass is 9.90. The Morgan fingerprint density at radius 3 is 2.96 bits per heavy atom. The van der Waals surface area contributed by atoms with Gasteiger partial charge in [0.05, 0.1) is 23.9 Å². The normalized spacial score (nSPS) is 22.8. The van der Waals surface area contributed by atoms with Crippen LogP contribution in [-0.2, 0) is 0 Å². The van der Waals surface area contributed by atoms with Gasteiger partial charge in [0.1, 0.15) is 24.3 Å². The van der Waals surface area contributed by atoms with Gasteiger partial charge in [-0.15, -0.1) is 0 Å². The van der Waals surface area contributed by atoms with Gasteiger partial charge < -0.3 is 25.4 Å². The third kappa shape index (κ3) is 2.40. The summed E-state index contributed by atoms with van der Waals surface area (Å²) in [5.41, 5.74) is 10.9. The molecule has 6 heteroatoms. The van der Waals surface area contributed by atoms with Crippen molar-refractivity contribution < 1.29 is 14.3 Å². The van der Waals surface area contributed by atoms with Gasteiger partial charge in [-0.25, -0.2) is 0 Å². The van der Waals surface area contributed by atoms with Crippen LogP contribution < -0.4 is 25.4 Å². The molecule has 0 aliphatic carbocycles. The van der Waals surface area contributed by atoms with E-state index in [1.807, 2.05) is 36.4 Å². The summed E-state index contributed by atoms with van der Waals surface area (Å²) in [7, 11) is 1.65. The molecule has 3 N–H and O–H groups in total. The van der Waals surface area contributed by atoms with Crippen LogP contribution in [0.2, 0.25) is 0 Å². The number of amides is 1. The van der Waals surface area contributed by atoms with Gasteiger partial charge >= 0.3 is 0 Å². The van der Waals surface area contributed by atoms with E-state index in [2.05, 4.69) is 16.3 Å². The number of nitrogens with one attached hydrogen (secondary N) is 1. The maximum atomic E-state index is 12.8. The number of hydrogen-bond acceptors (Lipinski definition) is 5. The van der Waals surface area contributed by atoms with Crippen LogP contribution >= 0.6 is 0 Å². The van der Waals surface area contributed by atoms with Crippen molar-refractivity contribution in [3.63, 3.8) is 0 Å². The summed E-state index contributed by atoms with van der Waals surface area (Å²) in [6, 6.07) is 11.5. The van der Waals surface area contributed by atoms with Crippen molar-refractivity contribution in [2.24, 2.45) is 5.73 Å². The lowest BCUT2D eigenvalue weighted by Crippen LogP contribution is -2.57. The molecule has 0 radical (unpaired) electrons. The quantitative estimate of drug-likeness (QED) is 0.857. The summed E-state index contributed by atoms with van der Waals surface area (Å²) < 4.78 is 11.4. The molecule has 2 aromatic carbocycles. The Balaban J connectivity index is 1.61. The van der Waals surface area contributed by atoms with Crippen molar-refractivity contribution in [2.75, 3.05) is 25.2 Å². The van der Waals surface area contributed by atoms with E-state index < -0.39 is 0 Å². The Morgan fingerprint density at radius 2 is 2.11 bits per heavy atom. The molecule has 0 saturated carbocycles. The molecule has 138 valence electrons. The summed E-state index contributed by atoms with van der Waals surface area (Å²) in [6.07, 6.45) is 2.67. The molecular formula is C21H21N3O3. The first kappa shape index (κ1) is 16.2.